The first-order valence-corrected chi connectivity index (χ1v) is 8.36. The number of carbonyl (C=O) groups excluding carboxylic acids is 1. The molecular formula is C16H22FNOS. The summed E-state index contributed by atoms with van der Waals surface area (Å²) in [6.45, 7) is 2.02. The van der Waals surface area contributed by atoms with Gasteiger partial charge < -0.3 is 5.32 Å². The molecule has 2 nitrogen and oxygen atoms in total. The predicted molar refractivity (Wildman–Crippen MR) is 83.6 cm³/mol. The van der Waals surface area contributed by atoms with Crippen molar-refractivity contribution in [3.8, 4) is 0 Å². The van der Waals surface area contributed by atoms with E-state index in [1.807, 2.05) is 6.92 Å². The number of benzene rings is 1. The molecule has 0 radical (unpaired) electrons. The van der Waals surface area contributed by atoms with Crippen LogP contribution in [0.25, 0.3) is 0 Å². The molecule has 2 rings (SSSR count). The van der Waals surface area contributed by atoms with Crippen LogP contribution < -0.4 is 5.32 Å². The van der Waals surface area contributed by atoms with E-state index in [-0.39, 0.29) is 22.7 Å². The summed E-state index contributed by atoms with van der Waals surface area (Å²) in [5, 5.41) is 3.21. The van der Waals surface area contributed by atoms with Crippen molar-refractivity contribution in [3.63, 3.8) is 0 Å². The Kier molecular flexibility index (Phi) is 5.89. The van der Waals surface area contributed by atoms with Gasteiger partial charge in [0.1, 0.15) is 5.82 Å². The Hall–Kier alpha value is -1.03. The van der Waals surface area contributed by atoms with Gasteiger partial charge in [0, 0.05) is 5.25 Å². The minimum Gasteiger partial charge on any atom is -0.323 e. The van der Waals surface area contributed by atoms with Crippen molar-refractivity contribution in [1.29, 1.82) is 0 Å². The summed E-state index contributed by atoms with van der Waals surface area (Å²) in [5.74, 6) is -0.452. The number of halogens is 1. The molecule has 0 aromatic heterocycles. The van der Waals surface area contributed by atoms with Crippen molar-refractivity contribution < 1.29 is 9.18 Å². The summed E-state index contributed by atoms with van der Waals surface area (Å²) in [6.07, 6.45) is 7.03. The SMILES string of the molecule is CCC(SC1CCCCC1)C(=O)Nc1ccccc1F. The second kappa shape index (κ2) is 7.67. The van der Waals surface area contributed by atoms with Gasteiger partial charge in [-0.3, -0.25) is 4.79 Å². The highest BCUT2D eigenvalue weighted by atomic mass is 32.2. The third-order valence-electron chi connectivity index (χ3n) is 3.70. The van der Waals surface area contributed by atoms with Gasteiger partial charge in [0.05, 0.1) is 10.9 Å². The molecule has 4 heteroatoms. The average molecular weight is 295 g/mol. The zero-order valence-electron chi connectivity index (χ0n) is 11.9. The first kappa shape index (κ1) is 15.4. The maximum Gasteiger partial charge on any atom is 0.237 e. The summed E-state index contributed by atoms with van der Waals surface area (Å²) in [7, 11) is 0. The van der Waals surface area contributed by atoms with Crippen molar-refractivity contribution in [2.24, 2.45) is 0 Å². The predicted octanol–water partition coefficient (Wildman–Crippen LogP) is 4.61. The molecular weight excluding hydrogens is 273 g/mol. The van der Waals surface area contributed by atoms with E-state index in [1.165, 1.54) is 38.2 Å². The van der Waals surface area contributed by atoms with Crippen LogP contribution in [0.2, 0.25) is 0 Å². The smallest absolute Gasteiger partial charge is 0.237 e. The first-order chi connectivity index (χ1) is 9.70. The molecule has 0 saturated heterocycles. The van der Waals surface area contributed by atoms with Crippen LogP contribution in [0.3, 0.4) is 0 Å². The highest BCUT2D eigenvalue weighted by Crippen LogP contribution is 2.32. The Morgan fingerprint density at radius 1 is 1.35 bits per heavy atom. The molecule has 1 fully saturated rings. The molecule has 0 aliphatic heterocycles. The standard InChI is InChI=1S/C16H22FNOS/c1-2-15(20-12-8-4-3-5-9-12)16(19)18-14-11-7-6-10-13(14)17/h6-7,10-12,15H,2-5,8-9H2,1H3,(H,18,19). The van der Waals surface area contributed by atoms with E-state index in [4.69, 9.17) is 0 Å². The van der Waals surface area contributed by atoms with E-state index in [9.17, 15) is 9.18 Å². The van der Waals surface area contributed by atoms with Crippen molar-refractivity contribution in [2.75, 3.05) is 5.32 Å². The van der Waals surface area contributed by atoms with Gasteiger partial charge in [0.25, 0.3) is 0 Å². The van der Waals surface area contributed by atoms with E-state index in [0.29, 0.717) is 5.25 Å². The largest absolute Gasteiger partial charge is 0.323 e. The van der Waals surface area contributed by atoms with Gasteiger partial charge in [-0.15, -0.1) is 11.8 Å². The van der Waals surface area contributed by atoms with Gasteiger partial charge in [0.2, 0.25) is 5.91 Å². The Morgan fingerprint density at radius 3 is 2.70 bits per heavy atom. The summed E-state index contributed by atoms with van der Waals surface area (Å²) in [6, 6.07) is 6.32. The number of amides is 1. The van der Waals surface area contributed by atoms with E-state index in [0.717, 1.165) is 6.42 Å². The Balaban J connectivity index is 1.93. The highest BCUT2D eigenvalue weighted by Gasteiger charge is 2.24. The van der Waals surface area contributed by atoms with Crippen LogP contribution in [0.5, 0.6) is 0 Å². The molecule has 110 valence electrons. The lowest BCUT2D eigenvalue weighted by molar-refractivity contribution is -0.115. The van der Waals surface area contributed by atoms with Gasteiger partial charge >= 0.3 is 0 Å². The molecule has 0 spiro atoms. The topological polar surface area (TPSA) is 29.1 Å². The van der Waals surface area contributed by atoms with Crippen LogP contribution in [0.4, 0.5) is 10.1 Å². The van der Waals surface area contributed by atoms with Crippen LogP contribution in [-0.4, -0.2) is 16.4 Å². The third kappa shape index (κ3) is 4.23. The molecule has 0 heterocycles. The van der Waals surface area contributed by atoms with E-state index in [2.05, 4.69) is 5.32 Å². The van der Waals surface area contributed by atoms with Crippen molar-refractivity contribution in [1.82, 2.24) is 0 Å². The normalized spacial score (nSPS) is 17.7. The minimum absolute atomic E-state index is 0.0758. The zero-order valence-corrected chi connectivity index (χ0v) is 12.7. The van der Waals surface area contributed by atoms with Crippen LogP contribution in [-0.2, 0) is 4.79 Å². The third-order valence-corrected chi connectivity index (χ3v) is 5.44. The molecule has 1 aromatic rings. The van der Waals surface area contributed by atoms with Crippen molar-refractivity contribution in [2.45, 2.75) is 55.9 Å². The molecule has 1 aliphatic carbocycles. The Morgan fingerprint density at radius 2 is 2.05 bits per heavy atom. The fourth-order valence-corrected chi connectivity index (χ4v) is 4.00. The van der Waals surface area contributed by atoms with Crippen LogP contribution in [0.1, 0.15) is 45.4 Å². The first-order valence-electron chi connectivity index (χ1n) is 7.41. The molecule has 1 atom stereocenters. The Bertz CT molecular complexity index is 446. The van der Waals surface area contributed by atoms with E-state index >= 15 is 0 Å². The number of nitrogens with one attached hydrogen (secondary N) is 1. The monoisotopic (exact) mass is 295 g/mol. The maximum atomic E-state index is 13.6. The van der Waals surface area contributed by atoms with Gasteiger partial charge in [-0.1, -0.05) is 38.3 Å². The molecule has 1 aliphatic rings. The van der Waals surface area contributed by atoms with Crippen LogP contribution in [0, 0.1) is 5.82 Å². The number of para-hydroxylation sites is 1. The summed E-state index contributed by atoms with van der Waals surface area (Å²) in [5.41, 5.74) is 0.278. The number of hydrogen-bond donors (Lipinski definition) is 1. The lowest BCUT2D eigenvalue weighted by atomic mass is 10.0. The lowest BCUT2D eigenvalue weighted by Crippen LogP contribution is -2.27. The summed E-state index contributed by atoms with van der Waals surface area (Å²) in [4.78, 5) is 12.3. The number of thioether (sulfide) groups is 1. The van der Waals surface area contributed by atoms with Crippen molar-refractivity contribution in [3.05, 3.63) is 30.1 Å². The van der Waals surface area contributed by atoms with Crippen LogP contribution in [0.15, 0.2) is 24.3 Å². The highest BCUT2D eigenvalue weighted by molar-refractivity contribution is 8.01. The molecule has 0 bridgehead atoms. The van der Waals surface area contributed by atoms with Gasteiger partial charge in [-0.2, -0.15) is 0 Å². The van der Waals surface area contributed by atoms with E-state index in [1.54, 1.807) is 30.0 Å². The van der Waals surface area contributed by atoms with Gasteiger partial charge in [-0.05, 0) is 31.4 Å². The second-order valence-electron chi connectivity index (χ2n) is 5.26. The maximum absolute atomic E-state index is 13.6. The minimum atomic E-state index is -0.377. The fourth-order valence-electron chi connectivity index (χ4n) is 2.55. The van der Waals surface area contributed by atoms with E-state index < -0.39 is 0 Å². The zero-order chi connectivity index (χ0) is 14.4. The second-order valence-corrected chi connectivity index (χ2v) is 6.77. The number of hydrogen-bond acceptors (Lipinski definition) is 2. The lowest BCUT2D eigenvalue weighted by Gasteiger charge is -2.25. The van der Waals surface area contributed by atoms with Crippen molar-refractivity contribution >= 4 is 23.4 Å². The quantitative estimate of drug-likeness (QED) is 0.859. The average Bonchev–Trinajstić information content (AvgIpc) is 2.48. The van der Waals surface area contributed by atoms with Gasteiger partial charge in [0.15, 0.2) is 0 Å². The molecule has 1 saturated carbocycles. The summed E-state index contributed by atoms with van der Waals surface area (Å²) < 4.78 is 13.6. The molecule has 1 amide bonds. The fraction of sp³-hybridized carbons (Fsp3) is 0.562. The number of carbonyl (C=O) groups is 1. The van der Waals surface area contributed by atoms with Gasteiger partial charge in [-0.25, -0.2) is 4.39 Å². The summed E-state index contributed by atoms with van der Waals surface area (Å²) >= 11 is 1.76. The molecule has 20 heavy (non-hydrogen) atoms. The molecule has 1 aromatic carbocycles. The number of anilines is 1. The number of rotatable bonds is 5. The Labute approximate surface area is 124 Å². The van der Waals surface area contributed by atoms with Crippen LogP contribution >= 0.6 is 11.8 Å². The molecule has 1 unspecified atom stereocenters. The molecule has 1 N–H and O–H groups in total.